The first-order chi connectivity index (χ1) is 8.11. The van der Waals surface area contributed by atoms with Gasteiger partial charge in [0.25, 0.3) is 0 Å². The number of nitrogens with two attached hydrogens (primary N) is 1. The van der Waals surface area contributed by atoms with E-state index in [1.807, 2.05) is 31.4 Å². The Morgan fingerprint density at radius 3 is 2.82 bits per heavy atom. The van der Waals surface area contributed by atoms with Crippen molar-refractivity contribution in [1.82, 2.24) is 9.78 Å². The Hall–Kier alpha value is -1.33. The van der Waals surface area contributed by atoms with Crippen LogP contribution in [0.25, 0.3) is 0 Å². The number of hydrogen-bond acceptors (Lipinski definition) is 3. The zero-order chi connectivity index (χ0) is 12.4. The summed E-state index contributed by atoms with van der Waals surface area (Å²) in [5, 5.41) is 4.13. The molecule has 0 saturated heterocycles. The molecule has 5 heteroatoms. The van der Waals surface area contributed by atoms with Gasteiger partial charge < -0.3 is 10.5 Å². The lowest BCUT2D eigenvalue weighted by Crippen LogP contribution is -2.12. The third-order valence-corrected chi connectivity index (χ3v) is 3.34. The van der Waals surface area contributed by atoms with Crippen LogP contribution in [0.4, 0.5) is 0 Å². The largest absolute Gasteiger partial charge is 0.497 e. The molecule has 1 unspecified atom stereocenters. The second-order valence-electron chi connectivity index (χ2n) is 3.81. The Bertz CT molecular complexity index is 524. The number of methoxy groups -OCH3 is 1. The summed E-state index contributed by atoms with van der Waals surface area (Å²) in [7, 11) is 3.51. The van der Waals surface area contributed by atoms with Crippen LogP contribution in [0.2, 0.25) is 0 Å². The Labute approximate surface area is 109 Å². The van der Waals surface area contributed by atoms with E-state index < -0.39 is 0 Å². The summed E-state index contributed by atoms with van der Waals surface area (Å²) in [5.74, 6) is 0.794. The van der Waals surface area contributed by atoms with Gasteiger partial charge in [-0.1, -0.05) is 15.9 Å². The van der Waals surface area contributed by atoms with E-state index in [-0.39, 0.29) is 6.04 Å². The van der Waals surface area contributed by atoms with Crippen LogP contribution in [0.3, 0.4) is 0 Å². The molecule has 4 nitrogen and oxygen atoms in total. The van der Waals surface area contributed by atoms with E-state index in [0.29, 0.717) is 0 Å². The fourth-order valence-corrected chi connectivity index (χ4v) is 2.16. The van der Waals surface area contributed by atoms with E-state index in [0.717, 1.165) is 21.3 Å². The van der Waals surface area contributed by atoms with Crippen molar-refractivity contribution in [3.63, 3.8) is 0 Å². The lowest BCUT2D eigenvalue weighted by molar-refractivity contribution is 0.414. The lowest BCUT2D eigenvalue weighted by Gasteiger charge is -2.13. The molecule has 0 amide bonds. The minimum absolute atomic E-state index is 0.215. The highest BCUT2D eigenvalue weighted by Crippen LogP contribution is 2.29. The van der Waals surface area contributed by atoms with Crippen LogP contribution in [0.5, 0.6) is 5.75 Å². The van der Waals surface area contributed by atoms with Crippen molar-refractivity contribution in [2.75, 3.05) is 7.11 Å². The first-order valence-electron chi connectivity index (χ1n) is 5.19. The summed E-state index contributed by atoms with van der Waals surface area (Å²) < 4.78 is 7.91. The van der Waals surface area contributed by atoms with Gasteiger partial charge in [0.1, 0.15) is 5.75 Å². The molecule has 0 spiro atoms. The average Bonchev–Trinajstić information content (AvgIpc) is 2.76. The summed E-state index contributed by atoms with van der Waals surface area (Å²) in [4.78, 5) is 0. The summed E-state index contributed by atoms with van der Waals surface area (Å²) in [6.45, 7) is 0. The van der Waals surface area contributed by atoms with E-state index >= 15 is 0 Å². The zero-order valence-electron chi connectivity index (χ0n) is 9.72. The molecule has 17 heavy (non-hydrogen) atoms. The van der Waals surface area contributed by atoms with E-state index in [1.54, 1.807) is 18.0 Å². The molecule has 0 fully saturated rings. The number of aryl methyl sites for hydroxylation is 1. The van der Waals surface area contributed by atoms with Crippen molar-refractivity contribution in [2.24, 2.45) is 12.8 Å². The van der Waals surface area contributed by atoms with Crippen molar-refractivity contribution in [3.05, 3.63) is 46.2 Å². The normalized spacial score (nSPS) is 12.5. The minimum Gasteiger partial charge on any atom is -0.497 e. The first-order valence-corrected chi connectivity index (χ1v) is 5.98. The third kappa shape index (κ3) is 2.50. The maximum absolute atomic E-state index is 6.22. The monoisotopic (exact) mass is 295 g/mol. The number of hydrogen-bond donors (Lipinski definition) is 1. The molecule has 2 rings (SSSR count). The molecule has 0 radical (unpaired) electrons. The first kappa shape index (κ1) is 12.1. The quantitative estimate of drug-likeness (QED) is 0.945. The SMILES string of the molecule is COc1ccc(Br)c(C(N)c2cnn(C)c2)c1. The Morgan fingerprint density at radius 2 is 2.24 bits per heavy atom. The fraction of sp³-hybridized carbons (Fsp3) is 0.250. The van der Waals surface area contributed by atoms with Crippen molar-refractivity contribution in [1.29, 1.82) is 0 Å². The van der Waals surface area contributed by atoms with Gasteiger partial charge in [-0.15, -0.1) is 0 Å². The molecular weight excluding hydrogens is 282 g/mol. The van der Waals surface area contributed by atoms with Gasteiger partial charge in [-0.25, -0.2) is 0 Å². The van der Waals surface area contributed by atoms with Gasteiger partial charge in [0.15, 0.2) is 0 Å². The second-order valence-corrected chi connectivity index (χ2v) is 4.67. The molecule has 2 aromatic rings. The maximum atomic E-state index is 6.22. The van der Waals surface area contributed by atoms with Crippen LogP contribution in [-0.2, 0) is 7.05 Å². The van der Waals surface area contributed by atoms with Crippen molar-refractivity contribution < 1.29 is 4.74 Å². The van der Waals surface area contributed by atoms with Crippen LogP contribution in [0.15, 0.2) is 35.1 Å². The highest BCUT2D eigenvalue weighted by atomic mass is 79.9. The highest BCUT2D eigenvalue weighted by molar-refractivity contribution is 9.10. The van der Waals surface area contributed by atoms with E-state index in [9.17, 15) is 0 Å². The van der Waals surface area contributed by atoms with Gasteiger partial charge >= 0.3 is 0 Å². The molecule has 2 N–H and O–H groups in total. The van der Waals surface area contributed by atoms with Crippen LogP contribution in [0, 0.1) is 0 Å². The Balaban J connectivity index is 2.39. The predicted octanol–water partition coefficient (Wildman–Crippen LogP) is 2.24. The minimum atomic E-state index is -0.215. The number of nitrogens with zero attached hydrogens (tertiary/aromatic N) is 2. The molecule has 0 bridgehead atoms. The molecule has 90 valence electrons. The molecule has 0 aliphatic carbocycles. The smallest absolute Gasteiger partial charge is 0.119 e. The van der Waals surface area contributed by atoms with Gasteiger partial charge in [0, 0.05) is 23.3 Å². The molecule has 1 atom stereocenters. The fourth-order valence-electron chi connectivity index (χ4n) is 1.67. The van der Waals surface area contributed by atoms with Crippen molar-refractivity contribution >= 4 is 15.9 Å². The third-order valence-electron chi connectivity index (χ3n) is 2.62. The summed E-state index contributed by atoms with van der Waals surface area (Å²) in [5.41, 5.74) is 8.17. The molecule has 1 aromatic heterocycles. The highest BCUT2D eigenvalue weighted by Gasteiger charge is 2.14. The van der Waals surface area contributed by atoms with Gasteiger partial charge in [0.2, 0.25) is 0 Å². The van der Waals surface area contributed by atoms with E-state index in [1.165, 1.54) is 0 Å². The Kier molecular flexibility index (Phi) is 3.49. The van der Waals surface area contributed by atoms with Crippen LogP contribution in [-0.4, -0.2) is 16.9 Å². The Morgan fingerprint density at radius 1 is 1.47 bits per heavy atom. The summed E-state index contributed by atoms with van der Waals surface area (Å²) in [6, 6.07) is 5.54. The zero-order valence-corrected chi connectivity index (χ0v) is 11.3. The number of rotatable bonds is 3. The molecule has 0 saturated carbocycles. The topological polar surface area (TPSA) is 53.1 Å². The van der Waals surface area contributed by atoms with Crippen molar-refractivity contribution in [2.45, 2.75) is 6.04 Å². The lowest BCUT2D eigenvalue weighted by atomic mass is 10.0. The average molecular weight is 296 g/mol. The molecular formula is C12H14BrN3O. The van der Waals surface area contributed by atoms with Crippen LogP contribution < -0.4 is 10.5 Å². The van der Waals surface area contributed by atoms with Gasteiger partial charge in [-0.05, 0) is 23.8 Å². The van der Waals surface area contributed by atoms with Crippen LogP contribution in [0.1, 0.15) is 17.2 Å². The molecule has 1 heterocycles. The molecule has 0 aliphatic heterocycles. The molecule has 1 aromatic carbocycles. The van der Waals surface area contributed by atoms with Gasteiger partial charge in [0.05, 0.1) is 19.3 Å². The number of aromatic nitrogens is 2. The number of halogens is 1. The predicted molar refractivity (Wildman–Crippen MR) is 69.9 cm³/mol. The standard InChI is InChI=1S/C12H14BrN3O/c1-16-7-8(6-15-16)12(14)10-5-9(17-2)3-4-11(10)13/h3-7,12H,14H2,1-2H3. The molecule has 0 aliphatic rings. The number of ether oxygens (including phenoxy) is 1. The van der Waals surface area contributed by atoms with Crippen molar-refractivity contribution in [3.8, 4) is 5.75 Å². The van der Waals surface area contributed by atoms with E-state index in [2.05, 4.69) is 21.0 Å². The summed E-state index contributed by atoms with van der Waals surface area (Å²) in [6.07, 6.45) is 3.69. The maximum Gasteiger partial charge on any atom is 0.119 e. The van der Waals surface area contributed by atoms with E-state index in [4.69, 9.17) is 10.5 Å². The van der Waals surface area contributed by atoms with Gasteiger partial charge in [-0.2, -0.15) is 5.10 Å². The number of benzene rings is 1. The second kappa shape index (κ2) is 4.89. The van der Waals surface area contributed by atoms with Crippen LogP contribution >= 0.6 is 15.9 Å². The summed E-state index contributed by atoms with van der Waals surface area (Å²) >= 11 is 3.50. The van der Waals surface area contributed by atoms with Gasteiger partial charge in [-0.3, -0.25) is 4.68 Å².